The number of likely N-dealkylation sites (tertiary alicyclic amines) is 1. The number of nitrogens with zero attached hydrogens (tertiary/aromatic N) is 1. The summed E-state index contributed by atoms with van der Waals surface area (Å²) in [4.78, 5) is 26.4. The molecule has 2 N–H and O–H groups in total. The summed E-state index contributed by atoms with van der Waals surface area (Å²) in [7, 11) is 0. The van der Waals surface area contributed by atoms with Crippen molar-refractivity contribution in [2.45, 2.75) is 58.6 Å². The topological polar surface area (TPSA) is 85.8 Å². The van der Waals surface area contributed by atoms with Crippen LogP contribution in [0.2, 0.25) is 0 Å². The average Bonchev–Trinajstić information content (AvgIpc) is 2.64. The molecule has 0 bridgehead atoms. The van der Waals surface area contributed by atoms with E-state index in [9.17, 15) is 9.59 Å². The highest BCUT2D eigenvalue weighted by atomic mass is 16.5. The molecule has 0 radical (unpaired) electrons. The highest BCUT2D eigenvalue weighted by Gasteiger charge is 2.26. The molecule has 1 aliphatic heterocycles. The van der Waals surface area contributed by atoms with Crippen molar-refractivity contribution in [3.63, 3.8) is 0 Å². The maximum absolute atomic E-state index is 12.7. The van der Waals surface area contributed by atoms with Gasteiger partial charge in [-0.25, -0.2) is 4.79 Å². The number of piperidine rings is 1. The van der Waals surface area contributed by atoms with Crippen molar-refractivity contribution < 1.29 is 13.9 Å². The summed E-state index contributed by atoms with van der Waals surface area (Å²) in [5.41, 5.74) is 7.80. The van der Waals surface area contributed by atoms with Crippen LogP contribution in [0.25, 0.3) is 11.0 Å². The quantitative estimate of drug-likeness (QED) is 0.816. The van der Waals surface area contributed by atoms with E-state index in [-0.39, 0.29) is 17.6 Å². The third kappa shape index (κ3) is 4.16. The third-order valence-electron chi connectivity index (χ3n) is 5.22. The predicted molar refractivity (Wildman–Crippen MR) is 105 cm³/mol. The van der Waals surface area contributed by atoms with E-state index in [1.807, 2.05) is 24.0 Å². The summed E-state index contributed by atoms with van der Waals surface area (Å²) in [5, 5.41) is 0.922. The van der Waals surface area contributed by atoms with Crippen molar-refractivity contribution in [2.24, 2.45) is 5.73 Å². The Hall–Kier alpha value is -2.34. The van der Waals surface area contributed by atoms with Crippen LogP contribution in [-0.4, -0.2) is 36.0 Å². The van der Waals surface area contributed by atoms with Crippen LogP contribution in [0.3, 0.4) is 0 Å². The van der Waals surface area contributed by atoms with Gasteiger partial charge in [-0.2, -0.15) is 0 Å². The Morgan fingerprint density at radius 3 is 2.74 bits per heavy atom. The second-order valence-electron chi connectivity index (χ2n) is 7.33. The van der Waals surface area contributed by atoms with Gasteiger partial charge in [0.25, 0.3) is 5.91 Å². The summed E-state index contributed by atoms with van der Waals surface area (Å²) in [6, 6.07) is 5.49. The molecule has 146 valence electrons. The number of nitrogens with two attached hydrogens (primary N) is 1. The largest absolute Gasteiger partial charge is 0.480 e. The van der Waals surface area contributed by atoms with E-state index < -0.39 is 6.10 Å². The Morgan fingerprint density at radius 2 is 2.07 bits per heavy atom. The molecule has 6 heteroatoms. The Kier molecular flexibility index (Phi) is 5.85. The number of carbonyl (C=O) groups is 1. The van der Waals surface area contributed by atoms with Crippen LogP contribution in [-0.2, 0) is 11.2 Å². The van der Waals surface area contributed by atoms with Crippen LogP contribution in [0, 0.1) is 6.92 Å². The van der Waals surface area contributed by atoms with Crippen molar-refractivity contribution in [1.82, 2.24) is 4.90 Å². The molecule has 1 atom stereocenters. The zero-order valence-electron chi connectivity index (χ0n) is 16.3. The number of benzene rings is 1. The maximum Gasteiger partial charge on any atom is 0.336 e. The molecule has 0 saturated carbocycles. The minimum atomic E-state index is -0.610. The van der Waals surface area contributed by atoms with Crippen LogP contribution < -0.4 is 16.1 Å². The van der Waals surface area contributed by atoms with E-state index in [0.29, 0.717) is 24.4 Å². The van der Waals surface area contributed by atoms with E-state index in [4.69, 9.17) is 14.9 Å². The molecule has 1 saturated heterocycles. The second kappa shape index (κ2) is 8.13. The molecule has 1 aromatic heterocycles. The summed E-state index contributed by atoms with van der Waals surface area (Å²) in [6.07, 6.45) is 2.78. The van der Waals surface area contributed by atoms with Gasteiger partial charge >= 0.3 is 5.63 Å². The lowest BCUT2D eigenvalue weighted by Gasteiger charge is -2.32. The summed E-state index contributed by atoms with van der Waals surface area (Å²) in [6.45, 7) is 7.02. The maximum atomic E-state index is 12.7. The van der Waals surface area contributed by atoms with Crippen LogP contribution in [0.5, 0.6) is 5.75 Å². The molecule has 2 aromatic rings. The molecular weight excluding hydrogens is 344 g/mol. The Labute approximate surface area is 159 Å². The highest BCUT2D eigenvalue weighted by Crippen LogP contribution is 2.30. The molecule has 1 aliphatic rings. The summed E-state index contributed by atoms with van der Waals surface area (Å²) < 4.78 is 11.4. The molecule has 0 aliphatic carbocycles. The minimum absolute atomic E-state index is 0.0393. The SMILES string of the molecule is CCCc1cc(=O)oc2c(C)c(OC(C)C(=O)N3CCC(N)CC3)ccc12. The number of aryl methyl sites for hydroxylation is 2. The average molecular weight is 372 g/mol. The lowest BCUT2D eigenvalue weighted by Crippen LogP contribution is -2.47. The Morgan fingerprint density at radius 1 is 1.37 bits per heavy atom. The van der Waals surface area contributed by atoms with Crippen molar-refractivity contribution >= 4 is 16.9 Å². The fourth-order valence-electron chi connectivity index (χ4n) is 3.63. The number of ether oxygens (including phenoxy) is 1. The van der Waals surface area contributed by atoms with Crippen molar-refractivity contribution in [1.29, 1.82) is 0 Å². The van der Waals surface area contributed by atoms with Gasteiger partial charge < -0.3 is 19.8 Å². The molecule has 3 rings (SSSR count). The number of carbonyl (C=O) groups excluding carboxylic acids is 1. The zero-order chi connectivity index (χ0) is 19.6. The lowest BCUT2D eigenvalue weighted by molar-refractivity contribution is -0.139. The van der Waals surface area contributed by atoms with Gasteiger partial charge in [-0.05, 0) is 50.8 Å². The summed E-state index contributed by atoms with van der Waals surface area (Å²) >= 11 is 0. The third-order valence-corrected chi connectivity index (χ3v) is 5.22. The van der Waals surface area contributed by atoms with Gasteiger partial charge in [0.1, 0.15) is 11.3 Å². The predicted octanol–water partition coefficient (Wildman–Crippen LogP) is 2.77. The molecule has 1 aromatic carbocycles. The van der Waals surface area contributed by atoms with E-state index in [1.165, 1.54) is 0 Å². The monoisotopic (exact) mass is 372 g/mol. The number of rotatable bonds is 5. The first-order valence-electron chi connectivity index (χ1n) is 9.68. The molecular formula is C21H28N2O4. The van der Waals surface area contributed by atoms with Crippen molar-refractivity contribution in [3.05, 3.63) is 39.7 Å². The van der Waals surface area contributed by atoms with E-state index in [0.717, 1.165) is 42.2 Å². The minimum Gasteiger partial charge on any atom is -0.480 e. The van der Waals surface area contributed by atoms with E-state index in [1.54, 1.807) is 13.0 Å². The normalized spacial score (nSPS) is 16.5. The van der Waals surface area contributed by atoms with Crippen LogP contribution in [0.15, 0.2) is 27.4 Å². The van der Waals surface area contributed by atoms with Gasteiger partial charge in [-0.15, -0.1) is 0 Å². The molecule has 27 heavy (non-hydrogen) atoms. The highest BCUT2D eigenvalue weighted by molar-refractivity contribution is 5.85. The molecule has 2 heterocycles. The van der Waals surface area contributed by atoms with Crippen LogP contribution >= 0.6 is 0 Å². The van der Waals surface area contributed by atoms with Crippen LogP contribution in [0.1, 0.15) is 44.2 Å². The number of amides is 1. The van der Waals surface area contributed by atoms with Gasteiger partial charge in [-0.3, -0.25) is 4.79 Å². The van der Waals surface area contributed by atoms with Gasteiger partial charge in [0.2, 0.25) is 0 Å². The van der Waals surface area contributed by atoms with Crippen LogP contribution in [0.4, 0.5) is 0 Å². The second-order valence-corrected chi connectivity index (χ2v) is 7.33. The van der Waals surface area contributed by atoms with Gasteiger partial charge in [0.05, 0.1) is 0 Å². The smallest absolute Gasteiger partial charge is 0.336 e. The molecule has 1 amide bonds. The van der Waals surface area contributed by atoms with Gasteiger partial charge in [0, 0.05) is 36.1 Å². The van der Waals surface area contributed by atoms with Crippen molar-refractivity contribution in [2.75, 3.05) is 13.1 Å². The first-order valence-corrected chi connectivity index (χ1v) is 9.68. The summed E-state index contributed by atoms with van der Waals surface area (Å²) in [5.74, 6) is 0.524. The molecule has 6 nitrogen and oxygen atoms in total. The number of hydrogen-bond acceptors (Lipinski definition) is 5. The molecule has 1 unspecified atom stereocenters. The first-order chi connectivity index (χ1) is 12.9. The van der Waals surface area contributed by atoms with E-state index in [2.05, 4.69) is 6.92 Å². The standard InChI is InChI=1S/C21H28N2O4/c1-4-5-15-12-19(24)27-20-13(2)18(7-6-17(15)20)26-14(3)21(25)23-10-8-16(22)9-11-23/h6-7,12,14,16H,4-5,8-11,22H2,1-3H3. The Bertz CT molecular complexity index is 882. The molecule has 0 spiro atoms. The fraction of sp³-hybridized carbons (Fsp3) is 0.524. The number of fused-ring (bicyclic) bond motifs is 1. The number of hydrogen-bond donors (Lipinski definition) is 1. The first kappa shape index (κ1) is 19.4. The van der Waals surface area contributed by atoms with E-state index >= 15 is 0 Å². The Balaban J connectivity index is 1.83. The lowest BCUT2D eigenvalue weighted by atomic mass is 10.0. The molecule has 1 fully saturated rings. The van der Waals surface area contributed by atoms with Gasteiger partial charge in [0.15, 0.2) is 6.10 Å². The van der Waals surface area contributed by atoms with Crippen molar-refractivity contribution in [3.8, 4) is 5.75 Å². The zero-order valence-corrected chi connectivity index (χ0v) is 16.3. The van der Waals surface area contributed by atoms with Gasteiger partial charge in [-0.1, -0.05) is 13.3 Å². The fourth-order valence-corrected chi connectivity index (χ4v) is 3.63.